The molecule has 178 valence electrons. The van der Waals surface area contributed by atoms with E-state index in [1.807, 2.05) is 13.8 Å². The summed E-state index contributed by atoms with van der Waals surface area (Å²) in [5.74, 6) is 1.82. The predicted octanol–water partition coefficient (Wildman–Crippen LogP) is 4.06. The summed E-state index contributed by atoms with van der Waals surface area (Å²) in [6.07, 6.45) is 0.847. The van der Waals surface area contributed by atoms with Crippen molar-refractivity contribution in [1.29, 1.82) is 0 Å². The van der Waals surface area contributed by atoms with Gasteiger partial charge < -0.3 is 19.1 Å². The first-order chi connectivity index (χ1) is 15.6. The van der Waals surface area contributed by atoms with Gasteiger partial charge in [-0.15, -0.1) is 0 Å². The van der Waals surface area contributed by atoms with Crippen LogP contribution < -0.4 is 23.8 Å². The number of sulfonamides is 1. The fourth-order valence-electron chi connectivity index (χ4n) is 3.73. The number of carbonyl (C=O) groups is 1. The highest BCUT2D eigenvalue weighted by Gasteiger charge is 2.37. The lowest BCUT2D eigenvalue weighted by molar-refractivity contribution is -0.127. The first kappa shape index (κ1) is 23.2. The smallest absolute Gasteiger partial charge is 0.262 e. The van der Waals surface area contributed by atoms with E-state index < -0.39 is 15.4 Å². The zero-order chi connectivity index (χ0) is 23.8. The number of carbonyl (C=O) groups excluding carboxylic acids is 1. The number of nitrogens with zero attached hydrogens (tertiary/aromatic N) is 1. The molecule has 1 amide bonds. The summed E-state index contributed by atoms with van der Waals surface area (Å²) >= 11 is 0. The maximum Gasteiger partial charge on any atom is 0.262 e. The predicted molar refractivity (Wildman–Crippen MR) is 126 cm³/mol. The van der Waals surface area contributed by atoms with E-state index in [0.717, 1.165) is 6.42 Å². The van der Waals surface area contributed by atoms with Gasteiger partial charge in [0.25, 0.3) is 10.0 Å². The molecule has 0 atom stereocenters. The molecule has 0 fully saturated rings. The van der Waals surface area contributed by atoms with Crippen LogP contribution in [0.1, 0.15) is 34.1 Å². The van der Waals surface area contributed by atoms with Crippen LogP contribution in [0, 0.1) is 11.3 Å². The fourth-order valence-corrected chi connectivity index (χ4v) is 4.79. The van der Waals surface area contributed by atoms with Crippen molar-refractivity contribution in [3.63, 3.8) is 0 Å². The molecule has 9 heteroatoms. The molecule has 0 unspecified atom stereocenters. The van der Waals surface area contributed by atoms with E-state index in [0.29, 0.717) is 54.3 Å². The van der Waals surface area contributed by atoms with Gasteiger partial charge in [-0.05, 0) is 50.5 Å². The van der Waals surface area contributed by atoms with Crippen molar-refractivity contribution in [3.8, 4) is 17.2 Å². The van der Waals surface area contributed by atoms with Crippen molar-refractivity contribution in [3.05, 3.63) is 36.4 Å². The average molecular weight is 475 g/mol. The molecule has 0 bridgehead atoms. The van der Waals surface area contributed by atoms with Crippen molar-refractivity contribution < 1.29 is 27.4 Å². The Morgan fingerprint density at radius 2 is 1.73 bits per heavy atom. The second kappa shape index (κ2) is 8.78. The summed E-state index contributed by atoms with van der Waals surface area (Å²) in [4.78, 5) is 15.0. The van der Waals surface area contributed by atoms with Crippen LogP contribution in [-0.4, -0.2) is 40.7 Å². The number of ether oxygens (including phenoxy) is 3. The average Bonchev–Trinajstić information content (AvgIpc) is 2.86. The van der Waals surface area contributed by atoms with Crippen LogP contribution in [0.2, 0.25) is 0 Å². The molecule has 0 spiro atoms. The van der Waals surface area contributed by atoms with Crippen LogP contribution in [0.3, 0.4) is 0 Å². The van der Waals surface area contributed by atoms with Crippen LogP contribution in [0.25, 0.3) is 0 Å². The van der Waals surface area contributed by atoms with Gasteiger partial charge in [-0.3, -0.25) is 9.52 Å². The molecule has 0 saturated carbocycles. The van der Waals surface area contributed by atoms with E-state index in [-0.39, 0.29) is 17.4 Å². The summed E-state index contributed by atoms with van der Waals surface area (Å²) in [5.41, 5.74) is 0.300. The summed E-state index contributed by atoms with van der Waals surface area (Å²) in [7, 11) is -3.87. The lowest BCUT2D eigenvalue weighted by atomic mass is 9.92. The van der Waals surface area contributed by atoms with Gasteiger partial charge in [-0.25, -0.2) is 8.42 Å². The molecule has 0 aliphatic carbocycles. The first-order valence-corrected chi connectivity index (χ1v) is 12.6. The Morgan fingerprint density at radius 1 is 1.00 bits per heavy atom. The molecular formula is C24H30N2O6S. The molecule has 0 radical (unpaired) electrons. The second-order valence-electron chi connectivity index (χ2n) is 9.41. The lowest BCUT2D eigenvalue weighted by Gasteiger charge is -2.28. The number of hydrogen-bond acceptors (Lipinski definition) is 6. The third-order valence-electron chi connectivity index (χ3n) is 5.67. The Hall–Kier alpha value is -2.94. The fraction of sp³-hybridized carbons (Fsp3) is 0.458. The summed E-state index contributed by atoms with van der Waals surface area (Å²) in [6.45, 7) is 9.51. The van der Waals surface area contributed by atoms with Crippen molar-refractivity contribution in [1.82, 2.24) is 0 Å². The topological polar surface area (TPSA) is 94.2 Å². The Bertz CT molecular complexity index is 1160. The van der Waals surface area contributed by atoms with Gasteiger partial charge in [0.1, 0.15) is 25.6 Å². The summed E-state index contributed by atoms with van der Waals surface area (Å²) < 4.78 is 45.6. The van der Waals surface area contributed by atoms with Gasteiger partial charge >= 0.3 is 0 Å². The van der Waals surface area contributed by atoms with Gasteiger partial charge in [-0.2, -0.15) is 0 Å². The molecule has 4 rings (SSSR count). The van der Waals surface area contributed by atoms with E-state index in [1.54, 1.807) is 29.2 Å². The van der Waals surface area contributed by atoms with E-state index in [1.165, 1.54) is 12.1 Å². The quantitative estimate of drug-likeness (QED) is 0.679. The Morgan fingerprint density at radius 3 is 2.45 bits per heavy atom. The monoisotopic (exact) mass is 474 g/mol. The highest BCUT2D eigenvalue weighted by atomic mass is 32.2. The molecule has 2 aliphatic heterocycles. The van der Waals surface area contributed by atoms with Gasteiger partial charge in [0.05, 0.1) is 21.7 Å². The molecule has 2 aromatic carbocycles. The van der Waals surface area contributed by atoms with E-state index in [2.05, 4.69) is 18.6 Å². The van der Waals surface area contributed by atoms with E-state index >= 15 is 0 Å². The minimum absolute atomic E-state index is 0.00786. The standard InChI is InChI=1S/C24H30N2O6S/c1-16(2)9-10-26-19-7-5-17(13-21(19)32-15-24(3,4)23(26)27)25-33(28,29)18-6-8-20-22(14-18)31-12-11-30-20/h5-8,13-14,16,25H,9-12,15H2,1-4H3. The minimum Gasteiger partial charge on any atom is -0.490 e. The largest absolute Gasteiger partial charge is 0.490 e. The molecule has 1 N–H and O–H groups in total. The van der Waals surface area contributed by atoms with E-state index in [4.69, 9.17) is 14.2 Å². The van der Waals surface area contributed by atoms with Crippen molar-refractivity contribution in [2.24, 2.45) is 11.3 Å². The minimum atomic E-state index is -3.87. The number of fused-ring (bicyclic) bond motifs is 2. The molecule has 8 nitrogen and oxygen atoms in total. The van der Waals surface area contributed by atoms with Crippen molar-refractivity contribution in [2.75, 3.05) is 36.0 Å². The van der Waals surface area contributed by atoms with Gasteiger partial charge in [0, 0.05) is 18.7 Å². The van der Waals surface area contributed by atoms with E-state index in [9.17, 15) is 13.2 Å². The Kier molecular flexibility index (Phi) is 6.18. The summed E-state index contributed by atoms with van der Waals surface area (Å²) in [6, 6.07) is 9.52. The summed E-state index contributed by atoms with van der Waals surface area (Å²) in [5, 5.41) is 0. The van der Waals surface area contributed by atoms with Crippen LogP contribution in [0.15, 0.2) is 41.3 Å². The lowest BCUT2D eigenvalue weighted by Crippen LogP contribution is -2.42. The zero-order valence-electron chi connectivity index (χ0n) is 19.4. The highest BCUT2D eigenvalue weighted by molar-refractivity contribution is 7.92. The Labute approximate surface area is 194 Å². The van der Waals surface area contributed by atoms with Crippen molar-refractivity contribution >= 4 is 27.3 Å². The number of hydrogen-bond donors (Lipinski definition) is 1. The van der Waals surface area contributed by atoms with Gasteiger partial charge in [0.15, 0.2) is 11.5 Å². The SMILES string of the molecule is CC(C)CCN1C(=O)C(C)(C)COc2cc(NS(=O)(=O)c3ccc4c(c3)OCCO4)ccc21. The molecular weight excluding hydrogens is 444 g/mol. The number of benzene rings is 2. The normalized spacial score (nSPS) is 17.2. The van der Waals surface area contributed by atoms with Crippen LogP contribution in [0.4, 0.5) is 11.4 Å². The Balaban J connectivity index is 1.62. The first-order valence-electron chi connectivity index (χ1n) is 11.1. The third kappa shape index (κ3) is 4.88. The molecule has 33 heavy (non-hydrogen) atoms. The maximum absolute atomic E-state index is 13.2. The molecule has 2 aromatic rings. The number of amides is 1. The van der Waals surface area contributed by atoms with Gasteiger partial charge in [0.2, 0.25) is 5.91 Å². The number of rotatable bonds is 6. The molecule has 2 aliphatic rings. The molecule has 0 saturated heterocycles. The second-order valence-corrected chi connectivity index (χ2v) is 11.1. The number of anilines is 2. The van der Waals surface area contributed by atoms with Crippen LogP contribution in [0.5, 0.6) is 17.2 Å². The molecule has 2 heterocycles. The van der Waals surface area contributed by atoms with Gasteiger partial charge in [-0.1, -0.05) is 13.8 Å². The van der Waals surface area contributed by atoms with Crippen molar-refractivity contribution in [2.45, 2.75) is 39.0 Å². The highest BCUT2D eigenvalue weighted by Crippen LogP contribution is 2.39. The number of nitrogens with one attached hydrogen (secondary N) is 1. The molecule has 0 aromatic heterocycles. The zero-order valence-corrected chi connectivity index (χ0v) is 20.2. The van der Waals surface area contributed by atoms with Crippen LogP contribution >= 0.6 is 0 Å². The van der Waals surface area contributed by atoms with Crippen LogP contribution in [-0.2, 0) is 14.8 Å². The maximum atomic E-state index is 13.2. The third-order valence-corrected chi connectivity index (χ3v) is 7.05.